The van der Waals surface area contributed by atoms with E-state index in [1.165, 1.54) is 11.0 Å². The van der Waals surface area contributed by atoms with E-state index < -0.39 is 75.5 Å². The number of carbonyl (C=O) groups is 5. The van der Waals surface area contributed by atoms with E-state index in [1.54, 1.807) is 0 Å². The van der Waals surface area contributed by atoms with Crippen LogP contribution in [0.5, 0.6) is 0 Å². The highest BCUT2D eigenvalue weighted by Crippen LogP contribution is 2.52. The number of carbonyl (C=O) groups excluding carboxylic acids is 5. The van der Waals surface area contributed by atoms with Crippen molar-refractivity contribution in [2.45, 2.75) is 110 Å². The van der Waals surface area contributed by atoms with Crippen LogP contribution < -0.4 is 21.3 Å². The van der Waals surface area contributed by atoms with Crippen LogP contribution >= 0.6 is 0 Å². The van der Waals surface area contributed by atoms with Crippen molar-refractivity contribution in [1.29, 1.82) is 0 Å². The molecule has 0 aromatic heterocycles. The van der Waals surface area contributed by atoms with Crippen molar-refractivity contribution < 1.29 is 28.2 Å². The zero-order chi connectivity index (χ0) is 38.3. The minimum absolute atomic E-state index is 0.126. The monoisotopic (exact) mass is 736 g/mol. The van der Waals surface area contributed by atoms with Crippen molar-refractivity contribution in [1.82, 2.24) is 30.5 Å². The van der Waals surface area contributed by atoms with Gasteiger partial charge >= 0.3 is 6.03 Å². The molecule has 0 spiro atoms. The number of ketones is 1. The van der Waals surface area contributed by atoms with Crippen LogP contribution in [-0.4, -0.2) is 86.8 Å². The lowest BCUT2D eigenvalue weighted by Gasteiger charge is -2.42. The van der Waals surface area contributed by atoms with Crippen LogP contribution in [0, 0.1) is 28.1 Å². The second-order valence-corrected chi connectivity index (χ2v) is 19.0. The number of urea groups is 1. The molecule has 4 N–H and O–H groups in total. The number of nitrogens with one attached hydrogen (secondary N) is 4. The van der Waals surface area contributed by atoms with Gasteiger partial charge in [0, 0.05) is 38.1 Å². The topological polar surface area (TPSA) is 157 Å². The van der Waals surface area contributed by atoms with Crippen molar-refractivity contribution in [3.8, 4) is 0 Å². The second kappa shape index (κ2) is 14.9. The third-order valence-corrected chi connectivity index (χ3v) is 12.2. The zero-order valence-corrected chi connectivity index (χ0v) is 32.7. The number of hydrogen-bond acceptors (Lipinski definition) is 6. The summed E-state index contributed by atoms with van der Waals surface area (Å²) in [6.07, 6.45) is 5.74. The van der Waals surface area contributed by atoms with Gasteiger partial charge in [-0.15, -0.1) is 6.58 Å². The standard InChI is InChI=1S/C39H56N6O6S/c1-10-17-40-34(48)31(46)26(18-23-15-16-23)41-33(47)30-29-25(19-39(29,8)9)21-45(30)35(49)32(38(5,6)7)43-36(50)42-28(37(2,3)4)22-44-20-24-13-11-12-14-27(24)52(44)51/h10-14,19,23,26,28-30,32H,1,15-18,20-22H2,2-9H3,(H,40,48)(H,41,47)(H2,42,43,50)/t26?,28-,29+,30+,32-,52?/m1/s1. The highest BCUT2D eigenvalue weighted by Gasteiger charge is 2.57. The fraction of sp³-hybridized carbons (Fsp3) is 0.615. The molecule has 12 nitrogen and oxygen atoms in total. The van der Waals surface area contributed by atoms with E-state index in [9.17, 15) is 28.2 Å². The number of Topliss-reactive ketones (excluding diaryl/α,β-unsaturated/α-hetero) is 1. The lowest BCUT2D eigenvalue weighted by molar-refractivity contribution is -0.145. The number of rotatable bonds is 13. The van der Waals surface area contributed by atoms with E-state index in [-0.39, 0.29) is 30.3 Å². The Hall–Kier alpha value is -3.84. The Morgan fingerprint density at radius 3 is 2.23 bits per heavy atom. The molecule has 52 heavy (non-hydrogen) atoms. The van der Waals surface area contributed by atoms with Gasteiger partial charge in [-0.3, -0.25) is 19.2 Å². The van der Waals surface area contributed by atoms with Gasteiger partial charge in [0.2, 0.25) is 17.6 Å². The molecule has 2 heterocycles. The summed E-state index contributed by atoms with van der Waals surface area (Å²) in [6, 6.07) is 3.68. The third kappa shape index (κ3) is 8.51. The first-order valence-corrected chi connectivity index (χ1v) is 19.4. The molecule has 2 unspecified atom stereocenters. The predicted molar refractivity (Wildman–Crippen MR) is 200 cm³/mol. The Labute approximate surface area is 310 Å². The first-order valence-electron chi connectivity index (χ1n) is 18.3. The van der Waals surface area contributed by atoms with Gasteiger partial charge in [-0.2, -0.15) is 0 Å². The Morgan fingerprint density at radius 1 is 0.981 bits per heavy atom. The molecular formula is C39H56N6O6S. The van der Waals surface area contributed by atoms with Gasteiger partial charge in [0.15, 0.2) is 0 Å². The van der Waals surface area contributed by atoms with Crippen LogP contribution in [0.4, 0.5) is 4.79 Å². The number of likely N-dealkylation sites (tertiary alicyclic amines) is 1. The summed E-state index contributed by atoms with van der Waals surface area (Å²) in [5, 5.41) is 11.4. The summed E-state index contributed by atoms with van der Waals surface area (Å²) in [5.41, 5.74) is 0.401. The summed E-state index contributed by atoms with van der Waals surface area (Å²) in [6.45, 7) is 20.3. The summed E-state index contributed by atoms with van der Waals surface area (Å²) in [7, 11) is -1.36. The molecule has 284 valence electrons. The maximum Gasteiger partial charge on any atom is 0.315 e. The van der Waals surface area contributed by atoms with Crippen molar-refractivity contribution in [2.75, 3.05) is 19.6 Å². The second-order valence-electron chi connectivity index (χ2n) is 17.5. The number of allylic oxidation sites excluding steroid dienone is 1. The summed E-state index contributed by atoms with van der Waals surface area (Å²) < 4.78 is 15.1. The Morgan fingerprint density at radius 2 is 1.65 bits per heavy atom. The summed E-state index contributed by atoms with van der Waals surface area (Å²) in [5.74, 6) is -2.45. The molecular weight excluding hydrogens is 681 g/mol. The SMILES string of the molecule is C=CCNC(=O)C(=O)C(CC1CC1)NC(=O)[C@@H]1[C@@H]2C(=CC2(C)C)CN1C(=O)[C@@H](NC(=O)N[C@H](CN1Cc2ccccc2S1=O)C(C)(C)C)C(C)(C)C. The predicted octanol–water partition coefficient (Wildman–Crippen LogP) is 3.60. The number of benzene rings is 1. The van der Waals surface area contributed by atoms with Crippen LogP contribution in [0.2, 0.25) is 0 Å². The molecule has 1 aromatic carbocycles. The smallest absolute Gasteiger partial charge is 0.315 e. The Kier molecular flexibility index (Phi) is 11.3. The number of nitrogens with zero attached hydrogens (tertiary/aromatic N) is 2. The fourth-order valence-corrected chi connectivity index (χ4v) is 8.94. The molecule has 13 heteroatoms. The summed E-state index contributed by atoms with van der Waals surface area (Å²) >= 11 is 0. The molecule has 2 aliphatic carbocycles. The molecule has 5 amide bonds. The molecule has 0 radical (unpaired) electrons. The van der Waals surface area contributed by atoms with E-state index in [4.69, 9.17) is 0 Å². The molecule has 2 fully saturated rings. The van der Waals surface area contributed by atoms with Gasteiger partial charge in [0.1, 0.15) is 23.1 Å². The van der Waals surface area contributed by atoms with Crippen LogP contribution in [0.3, 0.4) is 0 Å². The van der Waals surface area contributed by atoms with Gasteiger partial charge in [-0.05, 0) is 45.8 Å². The molecule has 0 bridgehead atoms. The first-order chi connectivity index (χ1) is 24.2. The average molecular weight is 737 g/mol. The van der Waals surface area contributed by atoms with E-state index in [1.807, 2.05) is 84.0 Å². The van der Waals surface area contributed by atoms with Gasteiger partial charge < -0.3 is 26.2 Å². The number of amides is 5. The summed E-state index contributed by atoms with van der Waals surface area (Å²) in [4.78, 5) is 70.9. The fourth-order valence-electron chi connectivity index (χ4n) is 7.57. The lowest BCUT2D eigenvalue weighted by atomic mass is 9.63. The van der Waals surface area contributed by atoms with Crippen LogP contribution in [0.1, 0.15) is 80.2 Å². The van der Waals surface area contributed by atoms with Gasteiger partial charge in [-0.1, -0.05) is 98.6 Å². The third-order valence-electron chi connectivity index (χ3n) is 10.7. The van der Waals surface area contributed by atoms with Gasteiger partial charge in [0.25, 0.3) is 5.91 Å². The maximum atomic E-state index is 14.6. The van der Waals surface area contributed by atoms with Crippen molar-refractivity contribution in [3.63, 3.8) is 0 Å². The molecule has 1 saturated heterocycles. The maximum absolute atomic E-state index is 14.6. The van der Waals surface area contributed by atoms with E-state index in [0.717, 1.165) is 28.9 Å². The highest BCUT2D eigenvalue weighted by molar-refractivity contribution is 7.83. The highest BCUT2D eigenvalue weighted by atomic mass is 32.2. The normalized spacial score (nSPS) is 23.9. The minimum Gasteiger partial charge on any atom is -0.346 e. The molecule has 1 aromatic rings. The van der Waals surface area contributed by atoms with Crippen LogP contribution in [-0.2, 0) is 36.7 Å². The van der Waals surface area contributed by atoms with Crippen molar-refractivity contribution in [3.05, 3.63) is 54.1 Å². The quantitative estimate of drug-likeness (QED) is 0.179. The van der Waals surface area contributed by atoms with E-state index in [2.05, 4.69) is 33.9 Å². The number of hydrogen-bond donors (Lipinski definition) is 4. The average Bonchev–Trinajstić information content (AvgIpc) is 3.73. The van der Waals surface area contributed by atoms with E-state index >= 15 is 0 Å². The van der Waals surface area contributed by atoms with Crippen LogP contribution in [0.25, 0.3) is 0 Å². The zero-order valence-electron chi connectivity index (χ0n) is 31.8. The van der Waals surface area contributed by atoms with Crippen molar-refractivity contribution >= 4 is 40.5 Å². The molecule has 2 aliphatic heterocycles. The minimum atomic E-state index is -1.36. The first kappa shape index (κ1) is 39.4. The van der Waals surface area contributed by atoms with Gasteiger partial charge in [-0.25, -0.2) is 13.3 Å². The van der Waals surface area contributed by atoms with Crippen LogP contribution in [0.15, 0.2) is 53.5 Å². The molecule has 1 saturated carbocycles. The number of fused-ring (bicyclic) bond motifs is 2. The van der Waals surface area contributed by atoms with Crippen molar-refractivity contribution in [2.24, 2.45) is 28.1 Å². The lowest BCUT2D eigenvalue weighted by Crippen LogP contribution is -2.62. The van der Waals surface area contributed by atoms with Gasteiger partial charge in [0.05, 0.1) is 10.9 Å². The van der Waals surface area contributed by atoms with E-state index in [0.29, 0.717) is 19.5 Å². The largest absolute Gasteiger partial charge is 0.346 e. The molecule has 4 aliphatic rings. The Balaban J connectivity index is 1.34. The molecule has 5 rings (SSSR count). The molecule has 6 atom stereocenters. The Bertz CT molecular complexity index is 1670.